The van der Waals surface area contributed by atoms with Crippen LogP contribution in [0.25, 0.3) is 0 Å². The van der Waals surface area contributed by atoms with E-state index in [-0.39, 0.29) is 12.5 Å². The Labute approximate surface area is 127 Å². The minimum Gasteiger partial charge on any atom is -0.460 e. The molecule has 120 valence electrons. The number of carbonyl (C=O) groups is 1. The average molecular weight is 309 g/mol. The lowest BCUT2D eigenvalue weighted by molar-refractivity contribution is -0.246. The quantitative estimate of drug-likeness (QED) is 0.729. The molecule has 1 saturated heterocycles. The fourth-order valence-electron chi connectivity index (χ4n) is 2.68. The highest BCUT2D eigenvalue weighted by Gasteiger charge is 2.40. The molecule has 0 aromatic heterocycles. The molecule has 2 heterocycles. The Morgan fingerprint density at radius 2 is 2.09 bits per heavy atom. The molecule has 1 aromatic carbocycles. The predicted molar refractivity (Wildman–Crippen MR) is 76.6 cm³/mol. The second-order valence-corrected chi connectivity index (χ2v) is 5.41. The maximum absolute atomic E-state index is 11.6. The van der Waals surface area contributed by atoms with Gasteiger partial charge in [0.25, 0.3) is 0 Å². The van der Waals surface area contributed by atoms with Gasteiger partial charge < -0.3 is 29.7 Å². The summed E-state index contributed by atoms with van der Waals surface area (Å²) in [6.45, 7) is 0.112. The van der Waals surface area contributed by atoms with E-state index in [0.29, 0.717) is 24.3 Å². The standard InChI is InChI=1S/C15H19NO6/c1-20-10-7-21-15(14(19)13(10)18)22-9-4-2-3-8-5-6-11(17)16-12(8)9/h2-4,10,13-15,18-19H,5-7H2,1H3,(H,16,17)/t10-,13-,14-,15-/m0/s1. The Morgan fingerprint density at radius 3 is 2.86 bits per heavy atom. The highest BCUT2D eigenvalue weighted by Crippen LogP contribution is 2.34. The maximum Gasteiger partial charge on any atom is 0.228 e. The molecule has 0 spiro atoms. The van der Waals surface area contributed by atoms with Gasteiger partial charge in [-0.2, -0.15) is 0 Å². The fourth-order valence-corrected chi connectivity index (χ4v) is 2.68. The molecule has 7 nitrogen and oxygen atoms in total. The number of aliphatic hydroxyl groups excluding tert-OH is 2. The van der Waals surface area contributed by atoms with Crippen molar-refractivity contribution in [3.05, 3.63) is 23.8 Å². The van der Waals surface area contributed by atoms with Crippen LogP contribution in [0.2, 0.25) is 0 Å². The van der Waals surface area contributed by atoms with Crippen LogP contribution < -0.4 is 10.1 Å². The van der Waals surface area contributed by atoms with Gasteiger partial charge >= 0.3 is 0 Å². The summed E-state index contributed by atoms with van der Waals surface area (Å²) < 4.78 is 16.1. The number of nitrogens with one attached hydrogen (secondary N) is 1. The number of para-hydroxylation sites is 1. The molecule has 7 heteroatoms. The highest BCUT2D eigenvalue weighted by atomic mass is 16.7. The van der Waals surface area contributed by atoms with Gasteiger partial charge in [-0.25, -0.2) is 0 Å². The van der Waals surface area contributed by atoms with Crippen molar-refractivity contribution in [3.63, 3.8) is 0 Å². The van der Waals surface area contributed by atoms with Crippen LogP contribution in [0.15, 0.2) is 18.2 Å². The number of carbonyl (C=O) groups excluding carboxylic acids is 1. The Morgan fingerprint density at radius 1 is 1.27 bits per heavy atom. The largest absolute Gasteiger partial charge is 0.460 e. The van der Waals surface area contributed by atoms with E-state index < -0.39 is 24.6 Å². The van der Waals surface area contributed by atoms with Gasteiger partial charge in [-0.05, 0) is 18.1 Å². The molecule has 2 aliphatic rings. The molecular weight excluding hydrogens is 290 g/mol. The number of benzene rings is 1. The van der Waals surface area contributed by atoms with Crippen LogP contribution in [0.3, 0.4) is 0 Å². The summed E-state index contributed by atoms with van der Waals surface area (Å²) in [4.78, 5) is 11.6. The SMILES string of the molecule is CO[C@H]1CO[C@@H](Oc2cccc3c2NC(=O)CC3)[C@@H](O)[C@H]1O. The predicted octanol–water partition coefficient (Wildman–Crippen LogP) is 0.0432. The molecule has 22 heavy (non-hydrogen) atoms. The molecule has 0 aliphatic carbocycles. The fraction of sp³-hybridized carbons (Fsp3) is 0.533. The van der Waals surface area contributed by atoms with Crippen LogP contribution in [0.5, 0.6) is 5.75 Å². The van der Waals surface area contributed by atoms with Crippen LogP contribution in [0, 0.1) is 0 Å². The molecule has 1 aromatic rings. The number of amides is 1. The maximum atomic E-state index is 11.6. The van der Waals surface area contributed by atoms with Crippen molar-refractivity contribution < 1.29 is 29.2 Å². The van der Waals surface area contributed by atoms with Crippen LogP contribution in [-0.4, -0.2) is 54.4 Å². The van der Waals surface area contributed by atoms with Crippen molar-refractivity contribution in [2.24, 2.45) is 0 Å². The van der Waals surface area contributed by atoms with E-state index in [1.165, 1.54) is 7.11 Å². The minimum absolute atomic E-state index is 0.0758. The van der Waals surface area contributed by atoms with Crippen LogP contribution in [-0.2, 0) is 20.7 Å². The number of hydrogen-bond donors (Lipinski definition) is 3. The number of ether oxygens (including phenoxy) is 3. The second-order valence-electron chi connectivity index (χ2n) is 5.41. The Hall–Kier alpha value is -1.67. The summed E-state index contributed by atoms with van der Waals surface area (Å²) in [6.07, 6.45) is -2.88. The Kier molecular flexibility index (Phi) is 4.30. The van der Waals surface area contributed by atoms with Crippen molar-refractivity contribution >= 4 is 11.6 Å². The third-order valence-corrected chi connectivity index (χ3v) is 3.98. The van der Waals surface area contributed by atoms with Crippen molar-refractivity contribution in [2.45, 2.75) is 37.4 Å². The minimum atomic E-state index is -1.24. The molecule has 3 N–H and O–H groups in total. The van der Waals surface area contributed by atoms with Gasteiger partial charge in [-0.1, -0.05) is 12.1 Å². The zero-order chi connectivity index (χ0) is 15.7. The molecule has 1 amide bonds. The van der Waals surface area contributed by atoms with E-state index in [9.17, 15) is 15.0 Å². The Balaban J connectivity index is 1.78. The van der Waals surface area contributed by atoms with Crippen molar-refractivity contribution in [1.82, 2.24) is 0 Å². The topological polar surface area (TPSA) is 97.2 Å². The van der Waals surface area contributed by atoms with Crippen LogP contribution in [0.4, 0.5) is 5.69 Å². The number of hydrogen-bond acceptors (Lipinski definition) is 6. The van der Waals surface area contributed by atoms with Crippen LogP contribution >= 0.6 is 0 Å². The van der Waals surface area contributed by atoms with E-state index in [1.54, 1.807) is 6.07 Å². The van der Waals surface area contributed by atoms with E-state index in [4.69, 9.17) is 14.2 Å². The first-order chi connectivity index (χ1) is 10.6. The highest BCUT2D eigenvalue weighted by molar-refractivity contribution is 5.95. The van der Waals surface area contributed by atoms with E-state index >= 15 is 0 Å². The summed E-state index contributed by atoms with van der Waals surface area (Å²) in [7, 11) is 1.44. The summed E-state index contributed by atoms with van der Waals surface area (Å²) in [5.74, 6) is 0.339. The molecule has 0 unspecified atom stereocenters. The van der Waals surface area contributed by atoms with E-state index in [1.807, 2.05) is 12.1 Å². The first kappa shape index (κ1) is 15.2. The summed E-state index contributed by atoms with van der Waals surface area (Å²) in [6, 6.07) is 5.42. The number of aryl methyl sites for hydroxylation is 1. The lowest BCUT2D eigenvalue weighted by Crippen LogP contribution is -2.55. The summed E-state index contributed by atoms with van der Waals surface area (Å²) in [5.41, 5.74) is 1.57. The van der Waals surface area contributed by atoms with Gasteiger partial charge in [0, 0.05) is 13.5 Å². The second kappa shape index (κ2) is 6.21. The molecule has 0 saturated carbocycles. The lowest BCUT2D eigenvalue weighted by atomic mass is 10.0. The van der Waals surface area contributed by atoms with E-state index in [0.717, 1.165) is 5.56 Å². The zero-order valence-corrected chi connectivity index (χ0v) is 12.2. The first-order valence-corrected chi connectivity index (χ1v) is 7.19. The normalized spacial score (nSPS) is 31.3. The monoisotopic (exact) mass is 309 g/mol. The number of rotatable bonds is 3. The lowest BCUT2D eigenvalue weighted by Gasteiger charge is -2.37. The number of anilines is 1. The van der Waals surface area contributed by atoms with Gasteiger partial charge in [-0.3, -0.25) is 4.79 Å². The van der Waals surface area contributed by atoms with Crippen molar-refractivity contribution in [3.8, 4) is 5.75 Å². The van der Waals surface area contributed by atoms with E-state index in [2.05, 4.69) is 5.32 Å². The van der Waals surface area contributed by atoms with Gasteiger partial charge in [0.05, 0.1) is 12.3 Å². The van der Waals surface area contributed by atoms with Crippen molar-refractivity contribution in [1.29, 1.82) is 0 Å². The number of fused-ring (bicyclic) bond motifs is 1. The molecule has 4 atom stereocenters. The first-order valence-electron chi connectivity index (χ1n) is 7.19. The molecule has 2 aliphatic heterocycles. The van der Waals surface area contributed by atoms with Gasteiger partial charge in [-0.15, -0.1) is 0 Å². The average Bonchev–Trinajstić information content (AvgIpc) is 2.52. The molecule has 0 radical (unpaired) electrons. The number of aliphatic hydroxyl groups is 2. The molecule has 1 fully saturated rings. The van der Waals surface area contributed by atoms with Gasteiger partial charge in [0.2, 0.25) is 12.2 Å². The third-order valence-electron chi connectivity index (χ3n) is 3.98. The van der Waals surface area contributed by atoms with Crippen LogP contribution in [0.1, 0.15) is 12.0 Å². The molecule has 3 rings (SSSR count). The smallest absolute Gasteiger partial charge is 0.228 e. The zero-order valence-electron chi connectivity index (χ0n) is 12.2. The third kappa shape index (κ3) is 2.80. The Bertz CT molecular complexity index is 563. The summed E-state index contributed by atoms with van der Waals surface area (Å²) in [5, 5.41) is 22.8. The molecule has 0 bridgehead atoms. The van der Waals surface area contributed by atoms with Gasteiger partial charge in [0.1, 0.15) is 24.1 Å². The van der Waals surface area contributed by atoms with Gasteiger partial charge in [0.15, 0.2) is 0 Å². The summed E-state index contributed by atoms with van der Waals surface area (Å²) >= 11 is 0. The van der Waals surface area contributed by atoms with Crippen molar-refractivity contribution in [2.75, 3.05) is 19.0 Å². The molecular formula is C15H19NO6. The number of methoxy groups -OCH3 is 1.